The van der Waals surface area contributed by atoms with Crippen molar-refractivity contribution < 1.29 is 0 Å². The molecule has 0 saturated heterocycles. The smallest absolute Gasteiger partial charge is 0.223 e. The van der Waals surface area contributed by atoms with Gasteiger partial charge in [0.25, 0.3) is 0 Å². The molecule has 0 aliphatic carbocycles. The van der Waals surface area contributed by atoms with Crippen molar-refractivity contribution in [1.29, 1.82) is 0 Å². The summed E-state index contributed by atoms with van der Waals surface area (Å²) < 4.78 is 0. The minimum absolute atomic E-state index is 0.239. The molecule has 0 spiro atoms. The van der Waals surface area contributed by atoms with Crippen molar-refractivity contribution in [3.63, 3.8) is 0 Å². The Morgan fingerprint density at radius 3 is 1.71 bits per heavy atom. The van der Waals surface area contributed by atoms with Gasteiger partial charge in [0, 0.05) is 37.6 Å². The molecule has 6 heteroatoms. The molecule has 0 bridgehead atoms. The third kappa shape index (κ3) is 3.56. The van der Waals surface area contributed by atoms with Gasteiger partial charge in [-0.05, 0) is 23.3 Å². The van der Waals surface area contributed by atoms with Crippen molar-refractivity contribution in [2.45, 2.75) is 12.8 Å². The van der Waals surface area contributed by atoms with E-state index in [4.69, 9.17) is 5.73 Å². The van der Waals surface area contributed by atoms with Crippen LogP contribution in [0.3, 0.4) is 0 Å². The number of anilines is 1. The SMILES string of the molecule is Nc1nc(Cc2cccnc2)nc(Cc2cccnc2)n1. The minimum Gasteiger partial charge on any atom is -0.368 e. The Hall–Kier alpha value is -2.89. The van der Waals surface area contributed by atoms with Gasteiger partial charge in [0.15, 0.2) is 0 Å². The number of hydrogen-bond acceptors (Lipinski definition) is 6. The van der Waals surface area contributed by atoms with E-state index >= 15 is 0 Å². The number of nitrogen functional groups attached to an aromatic ring is 1. The van der Waals surface area contributed by atoms with Crippen LogP contribution < -0.4 is 5.73 Å². The molecule has 0 unspecified atom stereocenters. The lowest BCUT2D eigenvalue weighted by molar-refractivity contribution is 0.855. The molecule has 3 rings (SSSR count). The first kappa shape index (κ1) is 13.1. The van der Waals surface area contributed by atoms with Gasteiger partial charge in [0.2, 0.25) is 5.95 Å². The molecule has 0 aliphatic heterocycles. The molecular weight excluding hydrogens is 264 g/mol. The highest BCUT2D eigenvalue weighted by atomic mass is 15.1. The highest BCUT2D eigenvalue weighted by Gasteiger charge is 2.07. The zero-order valence-corrected chi connectivity index (χ0v) is 11.3. The summed E-state index contributed by atoms with van der Waals surface area (Å²) in [6.07, 6.45) is 8.22. The average molecular weight is 278 g/mol. The Morgan fingerprint density at radius 2 is 1.29 bits per heavy atom. The first-order valence-electron chi connectivity index (χ1n) is 6.57. The van der Waals surface area contributed by atoms with Crippen LogP contribution in [0.1, 0.15) is 22.8 Å². The van der Waals surface area contributed by atoms with Crippen LogP contribution in [0.5, 0.6) is 0 Å². The lowest BCUT2D eigenvalue weighted by Crippen LogP contribution is -2.08. The van der Waals surface area contributed by atoms with Gasteiger partial charge < -0.3 is 5.73 Å². The number of aromatic nitrogens is 5. The summed E-state index contributed by atoms with van der Waals surface area (Å²) in [6, 6.07) is 7.73. The molecule has 3 aromatic rings. The standard InChI is InChI=1S/C15H14N6/c16-15-20-13(7-11-3-1-5-17-9-11)19-14(21-15)8-12-4-2-6-18-10-12/h1-6,9-10H,7-8H2,(H2,16,19,20,21). The van der Waals surface area contributed by atoms with Gasteiger partial charge in [-0.15, -0.1) is 0 Å². The first-order valence-corrected chi connectivity index (χ1v) is 6.57. The molecule has 0 saturated carbocycles. The second-order valence-electron chi connectivity index (χ2n) is 4.60. The van der Waals surface area contributed by atoms with Gasteiger partial charge in [-0.2, -0.15) is 9.97 Å². The molecule has 3 heterocycles. The summed E-state index contributed by atoms with van der Waals surface area (Å²) in [6.45, 7) is 0. The van der Waals surface area contributed by atoms with Gasteiger partial charge >= 0.3 is 0 Å². The van der Waals surface area contributed by atoms with Crippen LogP contribution in [-0.2, 0) is 12.8 Å². The summed E-state index contributed by atoms with van der Waals surface area (Å²) in [4.78, 5) is 21.0. The fourth-order valence-corrected chi connectivity index (χ4v) is 2.02. The number of rotatable bonds is 4. The predicted molar refractivity (Wildman–Crippen MR) is 78.3 cm³/mol. The molecule has 0 amide bonds. The van der Waals surface area contributed by atoms with E-state index in [1.165, 1.54) is 0 Å². The van der Waals surface area contributed by atoms with E-state index in [1.807, 2.05) is 24.3 Å². The molecule has 0 fully saturated rings. The second-order valence-corrected chi connectivity index (χ2v) is 4.60. The molecule has 3 aromatic heterocycles. The summed E-state index contributed by atoms with van der Waals surface area (Å²) in [5.41, 5.74) is 7.85. The predicted octanol–water partition coefficient (Wildman–Crippen LogP) is 1.43. The van der Waals surface area contributed by atoms with E-state index < -0.39 is 0 Å². The zero-order chi connectivity index (χ0) is 14.5. The maximum absolute atomic E-state index is 5.77. The Labute approximate surface area is 122 Å². The molecule has 0 radical (unpaired) electrons. The Morgan fingerprint density at radius 1 is 0.762 bits per heavy atom. The minimum atomic E-state index is 0.239. The van der Waals surface area contributed by atoms with E-state index in [0.717, 1.165) is 11.1 Å². The third-order valence-corrected chi connectivity index (χ3v) is 2.92. The highest BCUT2D eigenvalue weighted by molar-refractivity contribution is 5.23. The topological polar surface area (TPSA) is 90.5 Å². The number of nitrogens with zero attached hydrogens (tertiary/aromatic N) is 5. The van der Waals surface area contributed by atoms with Crippen LogP contribution in [0.4, 0.5) is 5.95 Å². The fraction of sp³-hybridized carbons (Fsp3) is 0.133. The van der Waals surface area contributed by atoms with Crippen LogP contribution in [0.2, 0.25) is 0 Å². The highest BCUT2D eigenvalue weighted by Crippen LogP contribution is 2.08. The molecule has 104 valence electrons. The van der Waals surface area contributed by atoms with Gasteiger partial charge in [0.1, 0.15) is 11.6 Å². The molecule has 2 N–H and O–H groups in total. The van der Waals surface area contributed by atoms with E-state index in [0.29, 0.717) is 24.5 Å². The van der Waals surface area contributed by atoms with E-state index in [2.05, 4.69) is 24.9 Å². The molecule has 0 atom stereocenters. The van der Waals surface area contributed by atoms with Crippen molar-refractivity contribution in [1.82, 2.24) is 24.9 Å². The van der Waals surface area contributed by atoms with Crippen LogP contribution in [-0.4, -0.2) is 24.9 Å². The average Bonchev–Trinajstić information content (AvgIpc) is 2.48. The molecule has 0 aliphatic rings. The maximum Gasteiger partial charge on any atom is 0.223 e. The Bertz CT molecular complexity index is 655. The van der Waals surface area contributed by atoms with Gasteiger partial charge in [-0.25, -0.2) is 4.98 Å². The number of pyridine rings is 2. The van der Waals surface area contributed by atoms with E-state index in [-0.39, 0.29) is 5.95 Å². The summed E-state index contributed by atoms with van der Waals surface area (Å²) in [7, 11) is 0. The van der Waals surface area contributed by atoms with Crippen LogP contribution in [0, 0.1) is 0 Å². The summed E-state index contributed by atoms with van der Waals surface area (Å²) in [5.74, 6) is 1.53. The largest absolute Gasteiger partial charge is 0.368 e. The fourth-order valence-electron chi connectivity index (χ4n) is 2.02. The van der Waals surface area contributed by atoms with Crippen molar-refractivity contribution in [3.8, 4) is 0 Å². The van der Waals surface area contributed by atoms with Gasteiger partial charge in [-0.1, -0.05) is 12.1 Å². The van der Waals surface area contributed by atoms with Gasteiger partial charge in [0.05, 0.1) is 0 Å². The molecule has 6 nitrogen and oxygen atoms in total. The van der Waals surface area contributed by atoms with Crippen LogP contribution in [0.15, 0.2) is 49.1 Å². The lowest BCUT2D eigenvalue weighted by atomic mass is 10.2. The van der Waals surface area contributed by atoms with Crippen molar-refractivity contribution in [2.75, 3.05) is 5.73 Å². The monoisotopic (exact) mass is 278 g/mol. The maximum atomic E-state index is 5.77. The van der Waals surface area contributed by atoms with E-state index in [9.17, 15) is 0 Å². The van der Waals surface area contributed by atoms with Crippen molar-refractivity contribution >= 4 is 5.95 Å². The van der Waals surface area contributed by atoms with Crippen molar-refractivity contribution in [3.05, 3.63) is 71.8 Å². The van der Waals surface area contributed by atoms with E-state index in [1.54, 1.807) is 24.8 Å². The third-order valence-electron chi connectivity index (χ3n) is 2.92. The molecule has 21 heavy (non-hydrogen) atoms. The zero-order valence-electron chi connectivity index (χ0n) is 11.3. The second kappa shape index (κ2) is 6.04. The Kier molecular flexibility index (Phi) is 3.77. The van der Waals surface area contributed by atoms with Crippen LogP contribution in [0.25, 0.3) is 0 Å². The van der Waals surface area contributed by atoms with Crippen molar-refractivity contribution in [2.24, 2.45) is 0 Å². The molecule has 0 aromatic carbocycles. The van der Waals surface area contributed by atoms with Crippen LogP contribution >= 0.6 is 0 Å². The summed E-state index contributed by atoms with van der Waals surface area (Å²) in [5, 5.41) is 0. The normalized spacial score (nSPS) is 10.5. The van der Waals surface area contributed by atoms with Gasteiger partial charge in [-0.3, -0.25) is 9.97 Å². The quantitative estimate of drug-likeness (QED) is 0.776. The summed E-state index contributed by atoms with van der Waals surface area (Å²) >= 11 is 0. The molecular formula is C15H14N6. The lowest BCUT2D eigenvalue weighted by Gasteiger charge is -2.05. The first-order chi connectivity index (χ1) is 10.3. The number of hydrogen-bond donors (Lipinski definition) is 1. The Balaban J connectivity index is 1.83. The number of nitrogens with two attached hydrogens (primary N) is 1.